The van der Waals surface area contributed by atoms with E-state index in [1.165, 1.54) is 13.0 Å². The highest BCUT2D eigenvalue weighted by molar-refractivity contribution is 5.72. The summed E-state index contributed by atoms with van der Waals surface area (Å²) >= 11 is 0. The third-order valence-corrected chi connectivity index (χ3v) is 3.61. The number of aliphatic imine (C=N–C) groups is 1. The Balaban J connectivity index is 0.000000956. The summed E-state index contributed by atoms with van der Waals surface area (Å²) in [6.45, 7) is 14.2. The number of piperazine rings is 1. The van der Waals surface area contributed by atoms with E-state index in [-0.39, 0.29) is 0 Å². The maximum absolute atomic E-state index is 4.48. The van der Waals surface area contributed by atoms with Crippen molar-refractivity contribution in [2.24, 2.45) is 4.99 Å². The van der Waals surface area contributed by atoms with Crippen LogP contribution in [0.15, 0.2) is 34.8 Å². The molecular weight excluding hydrogens is 246 g/mol. The summed E-state index contributed by atoms with van der Waals surface area (Å²) in [6.07, 6.45) is 8.89. The molecule has 2 aliphatic rings. The highest BCUT2D eigenvalue weighted by Gasteiger charge is 2.29. The average molecular weight is 275 g/mol. The predicted molar refractivity (Wildman–Crippen MR) is 88.1 cm³/mol. The molecule has 1 saturated heterocycles. The second kappa shape index (κ2) is 8.78. The fourth-order valence-corrected chi connectivity index (χ4v) is 2.81. The summed E-state index contributed by atoms with van der Waals surface area (Å²) < 4.78 is 0. The summed E-state index contributed by atoms with van der Waals surface area (Å²) in [5, 5.41) is 0. The zero-order valence-corrected chi connectivity index (χ0v) is 13.6. The second-order valence-electron chi connectivity index (χ2n) is 5.14. The highest BCUT2D eigenvalue weighted by Crippen LogP contribution is 2.20. The first-order valence-electron chi connectivity index (χ1n) is 7.88. The first-order valence-corrected chi connectivity index (χ1v) is 7.88. The Morgan fingerprint density at radius 3 is 2.45 bits per heavy atom. The standard InChI is InChI=1S/C15H23N3.C2H6/c1-4-10-18-13(2)11-17(12-14(18)3)15-8-6-5-7-9-16-15;1-2/h6-9,13-14H,4,10-12H2,1-3H3;1-2H3/t13-,14+;. The first kappa shape index (κ1) is 16.7. The lowest BCUT2D eigenvalue weighted by Gasteiger charge is -2.45. The van der Waals surface area contributed by atoms with Crippen molar-refractivity contribution in [3.8, 4) is 0 Å². The smallest absolute Gasteiger partial charge is 0.129 e. The van der Waals surface area contributed by atoms with Crippen LogP contribution in [0.1, 0.15) is 41.0 Å². The topological polar surface area (TPSA) is 18.8 Å². The molecule has 0 amide bonds. The maximum atomic E-state index is 4.48. The van der Waals surface area contributed by atoms with Gasteiger partial charge < -0.3 is 4.90 Å². The van der Waals surface area contributed by atoms with E-state index in [0.29, 0.717) is 12.1 Å². The zero-order valence-electron chi connectivity index (χ0n) is 13.6. The van der Waals surface area contributed by atoms with E-state index in [9.17, 15) is 0 Å². The molecular formula is C17H29N3. The molecule has 0 N–H and O–H groups in total. The Hall–Kier alpha value is -1.31. The number of hydrogen-bond acceptors (Lipinski definition) is 3. The summed E-state index contributed by atoms with van der Waals surface area (Å²) in [7, 11) is 0. The lowest BCUT2D eigenvalue weighted by Crippen LogP contribution is -2.56. The molecule has 0 aromatic carbocycles. The molecule has 3 heteroatoms. The van der Waals surface area contributed by atoms with Crippen molar-refractivity contribution in [2.45, 2.75) is 53.1 Å². The molecule has 3 nitrogen and oxygen atoms in total. The third kappa shape index (κ3) is 4.36. The lowest BCUT2D eigenvalue weighted by atomic mass is 10.1. The lowest BCUT2D eigenvalue weighted by molar-refractivity contribution is 0.0557. The van der Waals surface area contributed by atoms with Gasteiger partial charge in [-0.25, -0.2) is 4.99 Å². The maximum Gasteiger partial charge on any atom is 0.129 e. The zero-order chi connectivity index (χ0) is 15.0. The number of nitrogens with zero attached hydrogens (tertiary/aromatic N) is 3. The van der Waals surface area contributed by atoms with Gasteiger partial charge in [0.15, 0.2) is 0 Å². The minimum absolute atomic E-state index is 0.588. The monoisotopic (exact) mass is 275 g/mol. The van der Waals surface area contributed by atoms with Crippen molar-refractivity contribution < 1.29 is 0 Å². The molecule has 1 fully saturated rings. The van der Waals surface area contributed by atoms with E-state index in [4.69, 9.17) is 0 Å². The van der Waals surface area contributed by atoms with E-state index in [0.717, 1.165) is 18.9 Å². The quantitative estimate of drug-likeness (QED) is 0.735. The molecule has 112 valence electrons. The van der Waals surface area contributed by atoms with Crippen molar-refractivity contribution in [3.63, 3.8) is 0 Å². The van der Waals surface area contributed by atoms with Crippen molar-refractivity contribution in [3.05, 3.63) is 29.8 Å². The number of rotatable bonds is 3. The molecule has 0 saturated carbocycles. The summed E-state index contributed by atoms with van der Waals surface area (Å²) in [5.41, 5.74) is 3.06. The van der Waals surface area contributed by atoms with Gasteiger partial charge in [0.2, 0.25) is 0 Å². The number of allylic oxidation sites excluding steroid dienone is 2. The Labute approximate surface area is 124 Å². The van der Waals surface area contributed by atoms with Gasteiger partial charge >= 0.3 is 0 Å². The largest absolute Gasteiger partial charge is 0.353 e. The van der Waals surface area contributed by atoms with Crippen LogP contribution in [-0.2, 0) is 0 Å². The Kier molecular flexibility index (Phi) is 7.35. The Bertz CT molecular complexity index is 390. The molecule has 0 aromatic rings. The van der Waals surface area contributed by atoms with Gasteiger partial charge in [-0.1, -0.05) is 20.8 Å². The molecule has 0 unspecified atom stereocenters. The normalized spacial score (nSPS) is 25.9. The summed E-state index contributed by atoms with van der Waals surface area (Å²) in [5.74, 6) is 1.06. The van der Waals surface area contributed by atoms with E-state index >= 15 is 0 Å². The van der Waals surface area contributed by atoms with Gasteiger partial charge in [-0.05, 0) is 45.0 Å². The number of hydrogen-bond donors (Lipinski definition) is 0. The second-order valence-corrected chi connectivity index (χ2v) is 5.14. The van der Waals surface area contributed by atoms with Crippen LogP contribution in [0.3, 0.4) is 0 Å². The average Bonchev–Trinajstić information content (AvgIpc) is 2.74. The molecule has 2 rings (SSSR count). The van der Waals surface area contributed by atoms with Gasteiger partial charge in [-0.15, -0.1) is 5.73 Å². The predicted octanol–water partition coefficient (Wildman–Crippen LogP) is 3.45. The Morgan fingerprint density at radius 2 is 1.85 bits per heavy atom. The van der Waals surface area contributed by atoms with Crippen molar-refractivity contribution in [1.82, 2.24) is 9.80 Å². The van der Waals surface area contributed by atoms with E-state index in [1.54, 1.807) is 0 Å². The Morgan fingerprint density at radius 1 is 1.20 bits per heavy atom. The van der Waals surface area contributed by atoms with Crippen LogP contribution in [0.2, 0.25) is 0 Å². The summed E-state index contributed by atoms with van der Waals surface area (Å²) in [6, 6.07) is 1.18. The van der Waals surface area contributed by atoms with Gasteiger partial charge in [-0.3, -0.25) is 4.90 Å². The van der Waals surface area contributed by atoms with Crippen LogP contribution < -0.4 is 0 Å². The van der Waals surface area contributed by atoms with Crippen LogP contribution in [0.4, 0.5) is 0 Å². The van der Waals surface area contributed by atoms with Crippen molar-refractivity contribution >= 4 is 6.21 Å². The van der Waals surface area contributed by atoms with E-state index < -0.39 is 0 Å². The molecule has 2 atom stereocenters. The van der Waals surface area contributed by atoms with E-state index in [1.807, 2.05) is 32.2 Å². The molecule has 0 bridgehead atoms. The van der Waals surface area contributed by atoms with Gasteiger partial charge in [0.05, 0.1) is 0 Å². The van der Waals surface area contributed by atoms with Crippen LogP contribution in [0.5, 0.6) is 0 Å². The van der Waals surface area contributed by atoms with Crippen LogP contribution >= 0.6 is 0 Å². The molecule has 2 aliphatic heterocycles. The van der Waals surface area contributed by atoms with Crippen molar-refractivity contribution in [2.75, 3.05) is 19.6 Å². The molecule has 2 heterocycles. The van der Waals surface area contributed by atoms with Gasteiger partial charge in [0.1, 0.15) is 5.82 Å². The minimum atomic E-state index is 0.588. The fourth-order valence-electron chi connectivity index (χ4n) is 2.81. The molecule has 0 aliphatic carbocycles. The highest BCUT2D eigenvalue weighted by atomic mass is 15.3. The third-order valence-electron chi connectivity index (χ3n) is 3.61. The van der Waals surface area contributed by atoms with Crippen LogP contribution in [0.25, 0.3) is 0 Å². The van der Waals surface area contributed by atoms with Crippen molar-refractivity contribution in [1.29, 1.82) is 0 Å². The fraction of sp³-hybridized carbons (Fsp3) is 0.647. The summed E-state index contributed by atoms with van der Waals surface area (Å²) in [4.78, 5) is 9.47. The first-order chi connectivity index (χ1) is 9.72. The van der Waals surface area contributed by atoms with Crippen LogP contribution in [0, 0.1) is 0 Å². The molecule has 20 heavy (non-hydrogen) atoms. The van der Waals surface area contributed by atoms with Gasteiger partial charge in [0, 0.05) is 31.4 Å². The van der Waals surface area contributed by atoms with Gasteiger partial charge in [-0.2, -0.15) is 0 Å². The molecule has 0 spiro atoms. The SMILES string of the molecule is CC.CCCN1[C@H](C)CN(C2=CC=C=CC=N2)C[C@@H]1C. The van der Waals surface area contributed by atoms with Crippen LogP contribution in [-0.4, -0.2) is 47.7 Å². The molecule has 0 aromatic heterocycles. The van der Waals surface area contributed by atoms with E-state index in [2.05, 4.69) is 47.4 Å². The molecule has 0 radical (unpaired) electrons. The minimum Gasteiger partial charge on any atom is -0.353 e. The van der Waals surface area contributed by atoms with Gasteiger partial charge in [0.25, 0.3) is 0 Å².